The van der Waals surface area contributed by atoms with E-state index >= 15 is 0 Å². The van der Waals surface area contributed by atoms with Crippen molar-refractivity contribution in [3.8, 4) is 11.1 Å². The van der Waals surface area contributed by atoms with Gasteiger partial charge in [-0.25, -0.2) is 8.42 Å². The van der Waals surface area contributed by atoms with Gasteiger partial charge in [-0.1, -0.05) is 18.2 Å². The Kier molecular flexibility index (Phi) is 7.96. The van der Waals surface area contributed by atoms with E-state index in [1.165, 1.54) is 24.3 Å². The third kappa shape index (κ3) is 6.21. The number of halogens is 3. The molecule has 0 saturated heterocycles. The van der Waals surface area contributed by atoms with Crippen LogP contribution in [0, 0.1) is 10.1 Å². The van der Waals surface area contributed by atoms with Crippen LogP contribution in [0.4, 0.5) is 24.5 Å². The summed E-state index contributed by atoms with van der Waals surface area (Å²) in [5.74, 6) is -0.684. The predicted octanol–water partition coefficient (Wildman–Crippen LogP) is 4.62. The molecule has 5 rings (SSSR count). The number of non-ortho nitro benzene ring substituents is 1. The Morgan fingerprint density at radius 2 is 1.65 bits per heavy atom. The van der Waals surface area contributed by atoms with Gasteiger partial charge >= 0.3 is 6.18 Å². The number of benzene rings is 3. The minimum Gasteiger partial charge on any atom is -0.352 e. The fraction of sp³-hybridized carbons (Fsp3) is 0.296. The topological polar surface area (TPSA) is 153 Å². The molecule has 1 aliphatic heterocycles. The lowest BCUT2D eigenvalue weighted by Gasteiger charge is -2.33. The molecule has 11 nitrogen and oxygen atoms in total. The molecule has 2 aliphatic rings. The Morgan fingerprint density at radius 3 is 2.28 bits per heavy atom. The standard InChI is InChI=1S/C27H24F3N3O8S2/c28-27(29,30)17-5-14-24-23(15-17)22-3-1-2-4-25(22)42(37,38)32(24)16-26(34)31-18-6-10-20(11-7-18)41-43(39,40)21-12-8-19(9-13-21)33(35)36/h1-5,8-9,12-15,18,20H,6-7,10-11,16H2,(H,31,34)/t18-,20-. The number of carbonyl (C=O) groups is 1. The van der Waals surface area contributed by atoms with Crippen molar-refractivity contribution in [1.29, 1.82) is 0 Å². The summed E-state index contributed by atoms with van der Waals surface area (Å²) in [7, 11) is -8.47. The molecule has 1 heterocycles. The highest BCUT2D eigenvalue weighted by Gasteiger charge is 2.39. The molecule has 1 amide bonds. The van der Waals surface area contributed by atoms with E-state index in [1.54, 1.807) is 0 Å². The first-order chi connectivity index (χ1) is 20.2. The quantitative estimate of drug-likeness (QED) is 0.223. The number of nitro groups is 1. The predicted molar refractivity (Wildman–Crippen MR) is 147 cm³/mol. The monoisotopic (exact) mass is 639 g/mol. The molecule has 0 spiro atoms. The van der Waals surface area contributed by atoms with Crippen molar-refractivity contribution < 1.29 is 43.9 Å². The second-order valence-corrected chi connectivity index (χ2v) is 13.5. The highest BCUT2D eigenvalue weighted by molar-refractivity contribution is 7.93. The smallest absolute Gasteiger partial charge is 0.352 e. The summed E-state index contributed by atoms with van der Waals surface area (Å²) >= 11 is 0. The highest BCUT2D eigenvalue weighted by atomic mass is 32.2. The van der Waals surface area contributed by atoms with Crippen LogP contribution in [0.15, 0.2) is 76.5 Å². The number of alkyl halides is 3. The summed E-state index contributed by atoms with van der Waals surface area (Å²) in [6.07, 6.45) is -4.25. The van der Waals surface area contributed by atoms with Gasteiger partial charge in [-0.05, 0) is 62.1 Å². The first kappa shape index (κ1) is 30.4. The zero-order valence-corrected chi connectivity index (χ0v) is 23.8. The molecule has 0 unspecified atom stereocenters. The molecule has 0 aromatic heterocycles. The lowest BCUT2D eigenvalue weighted by molar-refractivity contribution is -0.384. The Bertz CT molecular complexity index is 1790. The van der Waals surface area contributed by atoms with E-state index in [-0.39, 0.29) is 45.1 Å². The molecule has 3 aromatic carbocycles. The number of carbonyl (C=O) groups excluding carboxylic acids is 1. The number of rotatable bonds is 7. The van der Waals surface area contributed by atoms with E-state index < -0.39 is 61.4 Å². The number of sulfonamides is 1. The van der Waals surface area contributed by atoms with Crippen molar-refractivity contribution in [3.05, 3.63) is 82.4 Å². The molecule has 0 bridgehead atoms. The summed E-state index contributed by atoms with van der Waals surface area (Å²) in [4.78, 5) is 22.7. The van der Waals surface area contributed by atoms with Crippen molar-refractivity contribution in [2.75, 3.05) is 10.8 Å². The van der Waals surface area contributed by atoms with Crippen LogP contribution in [0.1, 0.15) is 31.2 Å². The minimum absolute atomic E-state index is 0.0277. The van der Waals surface area contributed by atoms with E-state index in [9.17, 15) is 44.9 Å². The molecule has 1 fully saturated rings. The number of nitrogens with zero attached hydrogens (tertiary/aromatic N) is 2. The van der Waals surface area contributed by atoms with Gasteiger partial charge in [-0.3, -0.25) is 23.4 Å². The van der Waals surface area contributed by atoms with Crippen LogP contribution in [-0.4, -0.2) is 46.4 Å². The molecule has 0 atom stereocenters. The third-order valence-electron chi connectivity index (χ3n) is 7.26. The van der Waals surface area contributed by atoms with Gasteiger partial charge < -0.3 is 5.32 Å². The molecular formula is C27H24F3N3O8S2. The van der Waals surface area contributed by atoms with Crippen LogP contribution in [0.25, 0.3) is 11.1 Å². The molecule has 16 heteroatoms. The van der Waals surface area contributed by atoms with Crippen LogP contribution >= 0.6 is 0 Å². The van der Waals surface area contributed by atoms with Crippen molar-refractivity contribution >= 4 is 37.4 Å². The maximum absolute atomic E-state index is 13.4. The largest absolute Gasteiger partial charge is 0.416 e. The fourth-order valence-electron chi connectivity index (χ4n) is 5.15. The van der Waals surface area contributed by atoms with E-state index in [4.69, 9.17) is 4.18 Å². The number of hydrogen-bond donors (Lipinski definition) is 1. The van der Waals surface area contributed by atoms with E-state index in [2.05, 4.69) is 5.32 Å². The summed E-state index contributed by atoms with van der Waals surface area (Å²) < 4.78 is 98.5. The van der Waals surface area contributed by atoms with Gasteiger partial charge in [0.05, 0.1) is 32.1 Å². The second kappa shape index (κ2) is 11.2. The normalized spacial score (nSPS) is 19.7. The van der Waals surface area contributed by atoms with Crippen LogP contribution in [-0.2, 0) is 35.3 Å². The zero-order valence-electron chi connectivity index (χ0n) is 22.2. The lowest BCUT2D eigenvalue weighted by Crippen LogP contribution is -2.46. The first-order valence-electron chi connectivity index (χ1n) is 13.0. The van der Waals surface area contributed by atoms with Crippen LogP contribution in [0.3, 0.4) is 0 Å². The maximum Gasteiger partial charge on any atom is 0.416 e. The van der Waals surface area contributed by atoms with Gasteiger partial charge in [0.2, 0.25) is 5.91 Å². The number of hydrogen-bond acceptors (Lipinski definition) is 8. The Hall–Kier alpha value is -4.02. The van der Waals surface area contributed by atoms with Crippen molar-refractivity contribution in [2.24, 2.45) is 0 Å². The summed E-state index contributed by atoms with van der Waals surface area (Å²) in [6.45, 7) is -0.681. The number of amides is 1. The number of nitrogens with one attached hydrogen (secondary N) is 1. The molecule has 0 radical (unpaired) electrons. The molecule has 43 heavy (non-hydrogen) atoms. The van der Waals surface area contributed by atoms with Gasteiger partial charge in [0.25, 0.3) is 25.8 Å². The van der Waals surface area contributed by atoms with Crippen LogP contribution in [0.5, 0.6) is 0 Å². The van der Waals surface area contributed by atoms with E-state index in [0.29, 0.717) is 12.8 Å². The third-order valence-corrected chi connectivity index (χ3v) is 10.5. The average Bonchev–Trinajstić information content (AvgIpc) is 2.95. The molecule has 1 saturated carbocycles. The molecule has 1 aliphatic carbocycles. The van der Waals surface area contributed by atoms with E-state index in [0.717, 1.165) is 46.8 Å². The number of fused-ring (bicyclic) bond motifs is 3. The summed E-state index contributed by atoms with van der Waals surface area (Å²) in [6, 6.07) is 12.1. The molecule has 3 aromatic rings. The van der Waals surface area contributed by atoms with E-state index in [1.807, 2.05) is 0 Å². The Labute approximate surface area is 244 Å². The van der Waals surface area contributed by atoms with Crippen molar-refractivity contribution in [2.45, 2.75) is 53.8 Å². The Morgan fingerprint density at radius 1 is 1.00 bits per heavy atom. The average molecular weight is 640 g/mol. The molecule has 1 N–H and O–H groups in total. The Balaban J connectivity index is 1.25. The number of anilines is 1. The van der Waals surface area contributed by atoms with Gasteiger partial charge in [-0.15, -0.1) is 0 Å². The molecular weight excluding hydrogens is 615 g/mol. The van der Waals surface area contributed by atoms with Gasteiger partial charge in [-0.2, -0.15) is 21.6 Å². The van der Waals surface area contributed by atoms with Gasteiger partial charge in [0.15, 0.2) is 0 Å². The maximum atomic E-state index is 13.4. The highest BCUT2D eigenvalue weighted by Crippen LogP contribution is 2.45. The van der Waals surface area contributed by atoms with Gasteiger partial charge in [0.1, 0.15) is 6.54 Å². The lowest BCUT2D eigenvalue weighted by atomic mass is 9.93. The fourth-order valence-corrected chi connectivity index (χ4v) is 7.93. The van der Waals surface area contributed by atoms with Crippen molar-refractivity contribution in [1.82, 2.24) is 5.32 Å². The SMILES string of the molecule is O=C(CN1c2ccc(C(F)(F)F)cc2-c2ccccc2S1(=O)=O)N[C@H]1CC[C@H](OS(=O)(=O)c2ccc([N+](=O)[O-])cc2)CC1. The second-order valence-electron chi connectivity index (χ2n) is 10.1. The zero-order chi connectivity index (χ0) is 31.2. The number of nitro benzene ring substituents is 1. The minimum atomic E-state index is -4.66. The van der Waals surface area contributed by atoms with Crippen LogP contribution in [0.2, 0.25) is 0 Å². The van der Waals surface area contributed by atoms with Crippen molar-refractivity contribution in [3.63, 3.8) is 0 Å². The summed E-state index contributed by atoms with van der Waals surface area (Å²) in [5, 5.41) is 13.5. The van der Waals surface area contributed by atoms with Gasteiger partial charge in [0, 0.05) is 29.3 Å². The molecule has 228 valence electrons. The summed E-state index contributed by atoms with van der Waals surface area (Å²) in [5.41, 5.74) is -1.16. The van der Waals surface area contributed by atoms with Crippen LogP contribution < -0.4 is 9.62 Å². The first-order valence-corrected chi connectivity index (χ1v) is 15.8.